The maximum absolute atomic E-state index is 12.8. The quantitative estimate of drug-likeness (QED) is 0.641. The number of nitrogens with zero attached hydrogens (tertiary/aromatic N) is 1. The Balaban J connectivity index is 1.44. The van der Waals surface area contributed by atoms with Crippen molar-refractivity contribution in [1.82, 2.24) is 4.98 Å². The van der Waals surface area contributed by atoms with Gasteiger partial charge in [-0.3, -0.25) is 4.79 Å². The lowest BCUT2D eigenvalue weighted by molar-refractivity contribution is -0.118. The molecule has 5 heteroatoms. The van der Waals surface area contributed by atoms with Crippen molar-refractivity contribution >= 4 is 23.3 Å². The first-order valence-corrected chi connectivity index (χ1v) is 9.63. The van der Waals surface area contributed by atoms with Gasteiger partial charge in [-0.25, -0.2) is 4.98 Å². The van der Waals surface area contributed by atoms with Gasteiger partial charge in [-0.15, -0.1) is 0 Å². The predicted molar refractivity (Wildman–Crippen MR) is 111 cm³/mol. The van der Waals surface area contributed by atoms with Crippen LogP contribution in [0.25, 0.3) is 0 Å². The molecule has 0 radical (unpaired) electrons. The van der Waals surface area contributed by atoms with Crippen LogP contribution >= 0.6 is 11.6 Å². The number of halogens is 1. The van der Waals surface area contributed by atoms with E-state index in [0.717, 1.165) is 41.7 Å². The number of carbonyl (C=O) groups is 1. The lowest BCUT2D eigenvalue weighted by Gasteiger charge is -2.15. The zero-order chi connectivity index (χ0) is 19.6. The number of carbonyl (C=O) groups excluding carboxylic acids is 1. The van der Waals surface area contributed by atoms with Gasteiger partial charge in [0.25, 0.3) is 0 Å². The van der Waals surface area contributed by atoms with E-state index < -0.39 is 5.41 Å². The lowest BCUT2D eigenvalue weighted by atomic mass is 9.95. The summed E-state index contributed by atoms with van der Waals surface area (Å²) < 4.78 is 5.40. The molecule has 0 bridgehead atoms. The molecule has 0 unspecified atom stereocenters. The monoisotopic (exact) mass is 392 g/mol. The highest BCUT2D eigenvalue weighted by Crippen LogP contribution is 2.49. The first-order valence-electron chi connectivity index (χ1n) is 9.25. The van der Waals surface area contributed by atoms with Crippen molar-refractivity contribution in [2.24, 2.45) is 0 Å². The van der Waals surface area contributed by atoms with Crippen LogP contribution in [0, 0.1) is 0 Å². The molecule has 1 heterocycles. The number of ether oxygens (including phenoxy) is 1. The molecule has 28 heavy (non-hydrogen) atoms. The molecular formula is C23H21ClN2O2. The van der Waals surface area contributed by atoms with E-state index in [0.29, 0.717) is 10.8 Å². The van der Waals surface area contributed by atoms with E-state index in [9.17, 15) is 4.79 Å². The number of pyridine rings is 1. The number of amides is 1. The van der Waals surface area contributed by atoms with Crippen LogP contribution in [0.3, 0.4) is 0 Å². The van der Waals surface area contributed by atoms with Crippen LogP contribution in [0.1, 0.15) is 29.5 Å². The van der Waals surface area contributed by atoms with Gasteiger partial charge < -0.3 is 10.1 Å². The Labute approximate surface area is 169 Å². The molecule has 1 amide bonds. The Hall–Kier alpha value is -2.85. The zero-order valence-corrected chi connectivity index (χ0v) is 16.4. The van der Waals surface area contributed by atoms with E-state index in [1.807, 2.05) is 60.7 Å². The minimum Gasteiger partial charge on any atom is -0.496 e. The Morgan fingerprint density at radius 1 is 1.11 bits per heavy atom. The fraction of sp³-hybridized carbons (Fsp3) is 0.217. The number of rotatable bonds is 6. The minimum atomic E-state index is -0.456. The molecule has 1 aromatic heterocycles. The zero-order valence-electron chi connectivity index (χ0n) is 15.6. The van der Waals surface area contributed by atoms with Crippen LogP contribution in [-0.4, -0.2) is 18.0 Å². The summed E-state index contributed by atoms with van der Waals surface area (Å²) in [5.41, 5.74) is 2.70. The third-order valence-electron chi connectivity index (χ3n) is 5.23. The van der Waals surface area contributed by atoms with Crippen molar-refractivity contribution in [3.63, 3.8) is 0 Å². The van der Waals surface area contributed by atoms with Gasteiger partial charge in [0, 0.05) is 17.6 Å². The topological polar surface area (TPSA) is 51.2 Å². The number of hydrogen-bond donors (Lipinski definition) is 1. The van der Waals surface area contributed by atoms with E-state index in [1.54, 1.807) is 13.3 Å². The molecular weight excluding hydrogens is 372 g/mol. The highest BCUT2D eigenvalue weighted by molar-refractivity contribution is 6.30. The van der Waals surface area contributed by atoms with E-state index >= 15 is 0 Å². The van der Waals surface area contributed by atoms with Crippen LogP contribution in [0.5, 0.6) is 5.75 Å². The Kier molecular flexibility index (Phi) is 5.05. The number of methoxy groups -OCH3 is 1. The van der Waals surface area contributed by atoms with Gasteiger partial charge in [-0.05, 0) is 53.8 Å². The summed E-state index contributed by atoms with van der Waals surface area (Å²) in [6, 6.07) is 19.3. The molecule has 0 saturated heterocycles. The van der Waals surface area contributed by atoms with Crippen LogP contribution in [0.15, 0.2) is 66.9 Å². The van der Waals surface area contributed by atoms with Gasteiger partial charge in [-0.2, -0.15) is 0 Å². The Bertz CT molecular complexity index is 980. The van der Waals surface area contributed by atoms with Crippen LogP contribution < -0.4 is 10.1 Å². The molecule has 2 aromatic carbocycles. The molecule has 3 aromatic rings. The maximum atomic E-state index is 12.8. The van der Waals surface area contributed by atoms with E-state index in [-0.39, 0.29) is 5.91 Å². The fourth-order valence-electron chi connectivity index (χ4n) is 3.45. The average molecular weight is 393 g/mol. The molecule has 142 valence electrons. The summed E-state index contributed by atoms with van der Waals surface area (Å²) >= 11 is 5.96. The summed E-state index contributed by atoms with van der Waals surface area (Å²) in [6.45, 7) is 0. The van der Waals surface area contributed by atoms with Gasteiger partial charge in [0.05, 0.1) is 12.5 Å². The first kappa shape index (κ1) is 18.5. The van der Waals surface area contributed by atoms with E-state index in [2.05, 4.69) is 10.3 Å². The lowest BCUT2D eigenvalue weighted by Crippen LogP contribution is -2.28. The third-order valence-corrected chi connectivity index (χ3v) is 5.49. The normalized spacial score (nSPS) is 14.4. The fourth-order valence-corrected chi connectivity index (χ4v) is 3.57. The molecule has 4 rings (SSSR count). The molecule has 0 atom stereocenters. The summed E-state index contributed by atoms with van der Waals surface area (Å²) in [4.78, 5) is 17.3. The highest BCUT2D eigenvalue weighted by Gasteiger charge is 2.51. The van der Waals surface area contributed by atoms with Crippen molar-refractivity contribution < 1.29 is 9.53 Å². The van der Waals surface area contributed by atoms with Crippen molar-refractivity contribution in [3.8, 4) is 5.75 Å². The molecule has 4 nitrogen and oxygen atoms in total. The third kappa shape index (κ3) is 3.73. The number of aromatic nitrogens is 1. The van der Waals surface area contributed by atoms with Gasteiger partial charge >= 0.3 is 0 Å². The second-order valence-electron chi connectivity index (χ2n) is 7.08. The highest BCUT2D eigenvalue weighted by atomic mass is 35.5. The van der Waals surface area contributed by atoms with Crippen molar-refractivity contribution in [2.45, 2.75) is 24.7 Å². The van der Waals surface area contributed by atoms with Crippen molar-refractivity contribution in [2.75, 3.05) is 12.4 Å². The average Bonchev–Trinajstić information content (AvgIpc) is 3.52. The molecule has 1 N–H and O–H groups in total. The number of benzene rings is 2. The molecule has 0 aliphatic heterocycles. The number of para-hydroxylation sites is 1. The first-order chi connectivity index (χ1) is 13.6. The van der Waals surface area contributed by atoms with Crippen LogP contribution in [0.4, 0.5) is 5.82 Å². The Morgan fingerprint density at radius 2 is 1.86 bits per heavy atom. The molecule has 1 saturated carbocycles. The van der Waals surface area contributed by atoms with E-state index in [4.69, 9.17) is 16.3 Å². The van der Waals surface area contributed by atoms with Crippen LogP contribution in [0.2, 0.25) is 5.02 Å². The molecule has 1 aliphatic carbocycles. The summed E-state index contributed by atoms with van der Waals surface area (Å²) in [5.74, 6) is 1.41. The van der Waals surface area contributed by atoms with Crippen molar-refractivity contribution in [1.29, 1.82) is 0 Å². The summed E-state index contributed by atoms with van der Waals surface area (Å²) in [5, 5.41) is 3.64. The standard InChI is InChI=1S/C23H21ClN2O2/c1-28-20-5-3-2-4-17(20)14-16-6-11-21(25-15-16)26-22(27)23(12-13-23)18-7-9-19(24)10-8-18/h2-11,15H,12-14H2,1H3,(H,25,26,27). The second-order valence-corrected chi connectivity index (χ2v) is 7.52. The molecule has 0 spiro atoms. The van der Waals surface area contributed by atoms with Gasteiger partial charge in [0.2, 0.25) is 5.91 Å². The number of anilines is 1. The van der Waals surface area contributed by atoms with Crippen LogP contribution in [-0.2, 0) is 16.6 Å². The SMILES string of the molecule is COc1ccccc1Cc1ccc(NC(=O)C2(c3ccc(Cl)cc3)CC2)nc1. The summed E-state index contributed by atoms with van der Waals surface area (Å²) in [7, 11) is 1.67. The largest absolute Gasteiger partial charge is 0.496 e. The molecule has 1 aliphatic rings. The Morgan fingerprint density at radius 3 is 2.50 bits per heavy atom. The van der Waals surface area contributed by atoms with E-state index in [1.165, 1.54) is 0 Å². The van der Waals surface area contributed by atoms with Crippen molar-refractivity contribution in [3.05, 3.63) is 88.6 Å². The summed E-state index contributed by atoms with van der Waals surface area (Å²) in [6.07, 6.45) is 4.20. The maximum Gasteiger partial charge on any atom is 0.236 e. The molecule has 1 fully saturated rings. The van der Waals surface area contributed by atoms with Gasteiger partial charge in [0.1, 0.15) is 11.6 Å². The number of hydrogen-bond acceptors (Lipinski definition) is 3. The van der Waals surface area contributed by atoms with Gasteiger partial charge in [-0.1, -0.05) is 48.0 Å². The second kappa shape index (κ2) is 7.64. The van der Waals surface area contributed by atoms with Gasteiger partial charge in [0.15, 0.2) is 0 Å². The minimum absolute atomic E-state index is 0.0141. The predicted octanol–water partition coefficient (Wildman–Crippen LogP) is 5.00. The smallest absolute Gasteiger partial charge is 0.236 e. The number of nitrogens with one attached hydrogen (secondary N) is 1.